The molecule has 0 radical (unpaired) electrons. The average Bonchev–Trinajstić information content (AvgIpc) is 1.38. The van der Waals surface area contributed by atoms with Gasteiger partial charge in [0, 0.05) is 0 Å². The van der Waals surface area contributed by atoms with E-state index in [-0.39, 0.29) is 0 Å². The summed E-state index contributed by atoms with van der Waals surface area (Å²) in [5, 5.41) is 0. The summed E-state index contributed by atoms with van der Waals surface area (Å²) in [5.74, 6) is 0. The van der Waals surface area contributed by atoms with Crippen molar-refractivity contribution in [1.82, 2.24) is 0 Å². The van der Waals surface area contributed by atoms with Gasteiger partial charge in [-0.1, -0.05) is 6.82 Å². The Balaban J connectivity index is 2.54. The van der Waals surface area contributed by atoms with E-state index in [2.05, 4.69) is 23.5 Å². The fourth-order valence-electron chi connectivity index (χ4n) is 0. The van der Waals surface area contributed by atoms with Crippen molar-refractivity contribution >= 4 is 31.1 Å². The molecule has 0 rings (SSSR count). The maximum Gasteiger partial charge on any atom is 0.129 e. The smallest absolute Gasteiger partial charge is 0.129 e. The summed E-state index contributed by atoms with van der Waals surface area (Å²) < 4.78 is 0. The molecule has 0 saturated heterocycles. The predicted octanol–water partition coefficient (Wildman–Crippen LogP) is 0.206. The van der Waals surface area contributed by atoms with Gasteiger partial charge in [0.25, 0.3) is 0 Å². The quantitative estimate of drug-likeness (QED) is 0.329. The maximum absolute atomic E-state index is 2.72. The predicted molar refractivity (Wildman–Crippen MR) is 38.2 cm³/mol. The van der Waals surface area contributed by atoms with Crippen LogP contribution in [0.15, 0.2) is 0 Å². The van der Waals surface area contributed by atoms with Crippen molar-refractivity contribution in [3.05, 3.63) is 0 Å². The summed E-state index contributed by atoms with van der Waals surface area (Å²) in [5.41, 5.74) is 0. The van der Waals surface area contributed by atoms with Gasteiger partial charge in [0.2, 0.25) is 0 Å². The molecular formula is CH8B2P2. The summed E-state index contributed by atoms with van der Waals surface area (Å²) in [4.78, 5) is 0. The SMILES string of the molecule is BB(C)PP. The molecule has 0 aliphatic rings. The van der Waals surface area contributed by atoms with Crippen molar-refractivity contribution in [2.45, 2.75) is 6.82 Å². The number of rotatable bonds is 1. The molecule has 0 fully saturated rings. The van der Waals surface area contributed by atoms with Crippen LogP contribution in [0.4, 0.5) is 0 Å². The molecule has 0 saturated carbocycles. The summed E-state index contributed by atoms with van der Waals surface area (Å²) in [7, 11) is 5.97. The lowest BCUT2D eigenvalue weighted by molar-refractivity contribution is 2.35. The molecular weight excluding hydrogens is 95.6 g/mol. The maximum atomic E-state index is 2.72. The molecule has 4 heteroatoms. The Labute approximate surface area is 38.8 Å². The molecule has 0 heterocycles. The van der Waals surface area contributed by atoms with E-state index in [0.29, 0.717) is 0 Å². The molecule has 0 spiro atoms. The van der Waals surface area contributed by atoms with Crippen LogP contribution in [0.25, 0.3) is 0 Å². The van der Waals surface area contributed by atoms with Crippen molar-refractivity contribution in [2.24, 2.45) is 0 Å². The second kappa shape index (κ2) is 3.19. The molecule has 0 aromatic carbocycles. The van der Waals surface area contributed by atoms with E-state index >= 15 is 0 Å². The van der Waals surface area contributed by atoms with E-state index in [9.17, 15) is 0 Å². The van der Waals surface area contributed by atoms with Crippen LogP contribution in [0, 0.1) is 0 Å². The highest BCUT2D eigenvalue weighted by Gasteiger charge is 1.87. The third-order valence-corrected chi connectivity index (χ3v) is 3.00. The van der Waals surface area contributed by atoms with Gasteiger partial charge in [-0.05, 0) is 0 Å². The second-order valence-electron chi connectivity index (χ2n) is 1.32. The first-order valence-electron chi connectivity index (χ1n) is 1.73. The van der Waals surface area contributed by atoms with Gasteiger partial charge in [0.15, 0.2) is 0 Å². The average molecular weight is 104 g/mol. The van der Waals surface area contributed by atoms with Crippen molar-refractivity contribution in [2.75, 3.05) is 0 Å². The summed E-state index contributed by atoms with van der Waals surface area (Å²) in [6.45, 7) is 2.21. The highest BCUT2D eigenvalue weighted by Crippen LogP contribution is 2.20. The van der Waals surface area contributed by atoms with Gasteiger partial charge in [0.1, 0.15) is 6.32 Å². The third-order valence-electron chi connectivity index (χ3n) is 0.333. The van der Waals surface area contributed by atoms with Gasteiger partial charge in [-0.2, -0.15) is 0 Å². The van der Waals surface area contributed by atoms with Crippen molar-refractivity contribution in [3.63, 3.8) is 0 Å². The second-order valence-corrected chi connectivity index (χ2v) is 3.81. The third kappa shape index (κ3) is 4.99. The zero-order valence-electron chi connectivity index (χ0n) is 3.65. The van der Waals surface area contributed by atoms with E-state index in [1.54, 1.807) is 0 Å². The summed E-state index contributed by atoms with van der Waals surface area (Å²) in [6.07, 6.45) is 0.875. The standard InChI is InChI=1S/CH8B2P2/c1-3(2)5-4/h5H,2,4H2,1H3. The lowest BCUT2D eigenvalue weighted by Crippen LogP contribution is -1.91. The fourth-order valence-corrected chi connectivity index (χ4v) is 0. The van der Waals surface area contributed by atoms with Gasteiger partial charge in [0.05, 0.1) is 7.74 Å². The van der Waals surface area contributed by atoms with Crippen LogP contribution in [0.3, 0.4) is 0 Å². The van der Waals surface area contributed by atoms with Crippen LogP contribution in [0.2, 0.25) is 6.82 Å². The van der Waals surface area contributed by atoms with Crippen molar-refractivity contribution in [3.8, 4) is 0 Å². The van der Waals surface area contributed by atoms with Crippen LogP contribution in [-0.4, -0.2) is 14.1 Å². The Morgan fingerprint density at radius 1 is 2.00 bits per heavy atom. The monoisotopic (exact) mass is 104 g/mol. The zero-order valence-corrected chi connectivity index (χ0v) is 5.81. The number of hydrogen-bond donors (Lipinski definition) is 0. The number of hydrogen-bond acceptors (Lipinski definition) is 0. The normalized spacial score (nSPS) is 10.0. The molecule has 0 amide bonds. The molecule has 0 aromatic heterocycles. The van der Waals surface area contributed by atoms with Crippen molar-refractivity contribution < 1.29 is 0 Å². The van der Waals surface area contributed by atoms with Gasteiger partial charge in [-0.3, -0.25) is 0 Å². The van der Waals surface area contributed by atoms with Crippen LogP contribution >= 0.6 is 17.1 Å². The molecule has 0 aliphatic carbocycles. The molecule has 2 atom stereocenters. The first-order valence-corrected chi connectivity index (χ1v) is 4.62. The van der Waals surface area contributed by atoms with Gasteiger partial charge >= 0.3 is 0 Å². The van der Waals surface area contributed by atoms with Crippen LogP contribution in [0.1, 0.15) is 0 Å². The molecule has 2 unspecified atom stereocenters. The van der Waals surface area contributed by atoms with E-state index in [1.165, 1.54) is 0 Å². The Bertz CT molecular complexity index is 21.6. The van der Waals surface area contributed by atoms with Gasteiger partial charge in [-0.15, -0.1) is 17.1 Å². The first-order chi connectivity index (χ1) is 2.27. The fraction of sp³-hybridized carbons (Fsp3) is 1.00. The lowest BCUT2D eigenvalue weighted by atomic mass is 9.56. The van der Waals surface area contributed by atoms with Crippen LogP contribution < -0.4 is 0 Å². The van der Waals surface area contributed by atoms with Crippen LogP contribution in [0.5, 0.6) is 0 Å². The summed E-state index contributed by atoms with van der Waals surface area (Å²) >= 11 is 0. The van der Waals surface area contributed by atoms with E-state index in [1.807, 2.05) is 0 Å². The Morgan fingerprint density at radius 2 is 2.20 bits per heavy atom. The molecule has 0 aromatic rings. The largest absolute Gasteiger partial charge is 0.145 e. The topological polar surface area (TPSA) is 0 Å². The van der Waals surface area contributed by atoms with Gasteiger partial charge in [-0.25, -0.2) is 0 Å². The Kier molecular flexibility index (Phi) is 3.82. The highest BCUT2D eigenvalue weighted by molar-refractivity contribution is 8.22. The minimum absolute atomic E-state index is 0.875. The molecule has 5 heavy (non-hydrogen) atoms. The molecule has 28 valence electrons. The zero-order chi connectivity index (χ0) is 4.28. The Hall–Kier alpha value is 0.990. The molecule has 0 N–H and O–H groups in total. The molecule has 0 nitrogen and oxygen atoms in total. The molecule has 0 aliphatic heterocycles. The van der Waals surface area contributed by atoms with E-state index < -0.39 is 0 Å². The van der Waals surface area contributed by atoms with Crippen molar-refractivity contribution in [1.29, 1.82) is 0 Å². The minimum Gasteiger partial charge on any atom is -0.145 e. The van der Waals surface area contributed by atoms with Crippen LogP contribution in [-0.2, 0) is 0 Å². The molecule has 0 bridgehead atoms. The summed E-state index contributed by atoms with van der Waals surface area (Å²) in [6, 6.07) is 0. The van der Waals surface area contributed by atoms with E-state index in [4.69, 9.17) is 0 Å². The highest BCUT2D eigenvalue weighted by atomic mass is 32.0. The first kappa shape index (κ1) is 5.99. The lowest BCUT2D eigenvalue weighted by Gasteiger charge is -1.85. The van der Waals surface area contributed by atoms with E-state index in [0.717, 1.165) is 14.5 Å². The van der Waals surface area contributed by atoms with Gasteiger partial charge < -0.3 is 0 Å². The Morgan fingerprint density at radius 3 is 2.20 bits per heavy atom. The minimum atomic E-state index is 0.875.